The molecule has 0 atom stereocenters. The summed E-state index contributed by atoms with van der Waals surface area (Å²) in [5, 5.41) is 14.3. The highest BCUT2D eigenvalue weighted by Gasteiger charge is 2.30. The summed E-state index contributed by atoms with van der Waals surface area (Å²) >= 11 is 6.20. The highest BCUT2D eigenvalue weighted by atomic mass is 35.5. The minimum absolute atomic E-state index is 0.0347. The number of hydrogen-bond acceptors (Lipinski definition) is 6. The number of halogens is 4. The van der Waals surface area contributed by atoms with Crippen LogP contribution in [0.3, 0.4) is 0 Å². The van der Waals surface area contributed by atoms with Gasteiger partial charge in [0.2, 0.25) is 11.7 Å². The number of nitrogens with zero attached hydrogens (tertiary/aromatic N) is 4. The molecule has 2 heterocycles. The molecule has 0 aliphatic carbocycles. The van der Waals surface area contributed by atoms with Gasteiger partial charge in [-0.1, -0.05) is 23.7 Å². The van der Waals surface area contributed by atoms with Crippen LogP contribution in [0.15, 0.2) is 36.4 Å². The van der Waals surface area contributed by atoms with E-state index in [-0.39, 0.29) is 23.0 Å². The van der Waals surface area contributed by atoms with E-state index in [0.29, 0.717) is 30.4 Å². The summed E-state index contributed by atoms with van der Waals surface area (Å²) in [6.45, 7) is 0.654. The second kappa shape index (κ2) is 8.42. The first kappa shape index (κ1) is 20.9. The molecule has 1 aromatic heterocycles. The standard InChI is InChI=1S/C19H15ClF3N5O3/c20-13-8-15-16(31-6-2-5-30-15)9-14(13)24-17(29)10-28-26-18(25-27-28)11-3-1-4-12(7-11)19(21,22)23/h1,3-4,7-9H,2,5-6,10H2,(H,24,29). The minimum Gasteiger partial charge on any atom is -0.490 e. The monoisotopic (exact) mass is 453 g/mol. The quantitative estimate of drug-likeness (QED) is 0.646. The zero-order valence-electron chi connectivity index (χ0n) is 15.8. The van der Waals surface area contributed by atoms with Crippen LogP contribution < -0.4 is 14.8 Å². The van der Waals surface area contributed by atoms with Crippen LogP contribution in [-0.4, -0.2) is 39.3 Å². The molecule has 12 heteroatoms. The lowest BCUT2D eigenvalue weighted by Gasteiger charge is -2.12. The van der Waals surface area contributed by atoms with E-state index in [9.17, 15) is 18.0 Å². The van der Waals surface area contributed by atoms with E-state index < -0.39 is 17.6 Å². The second-order valence-electron chi connectivity index (χ2n) is 6.60. The van der Waals surface area contributed by atoms with Crippen molar-refractivity contribution in [2.45, 2.75) is 19.1 Å². The van der Waals surface area contributed by atoms with Crippen LogP contribution in [-0.2, 0) is 17.5 Å². The molecule has 31 heavy (non-hydrogen) atoms. The van der Waals surface area contributed by atoms with Crippen molar-refractivity contribution in [1.29, 1.82) is 0 Å². The van der Waals surface area contributed by atoms with Gasteiger partial charge in [-0.2, -0.15) is 18.0 Å². The maximum atomic E-state index is 12.9. The lowest BCUT2D eigenvalue weighted by molar-refractivity contribution is -0.137. The number of carbonyl (C=O) groups is 1. The van der Waals surface area contributed by atoms with Gasteiger partial charge in [-0.25, -0.2) is 0 Å². The topological polar surface area (TPSA) is 91.2 Å². The Hall–Kier alpha value is -3.34. The third kappa shape index (κ3) is 4.88. The summed E-state index contributed by atoms with van der Waals surface area (Å²) in [6, 6.07) is 7.65. The summed E-state index contributed by atoms with van der Waals surface area (Å²) in [4.78, 5) is 13.4. The van der Waals surface area contributed by atoms with Crippen LogP contribution in [0.5, 0.6) is 11.5 Å². The van der Waals surface area contributed by atoms with Crippen LogP contribution in [0.2, 0.25) is 5.02 Å². The Balaban J connectivity index is 1.46. The number of alkyl halides is 3. The van der Waals surface area contributed by atoms with Gasteiger partial charge in [-0.3, -0.25) is 4.79 Å². The molecule has 2 aromatic carbocycles. The summed E-state index contributed by atoms with van der Waals surface area (Å²) in [5.74, 6) is 0.406. The van der Waals surface area contributed by atoms with Crippen LogP contribution in [0.4, 0.5) is 18.9 Å². The van der Waals surface area contributed by atoms with Gasteiger partial charge in [0.1, 0.15) is 6.54 Å². The largest absolute Gasteiger partial charge is 0.490 e. The molecule has 1 amide bonds. The fraction of sp³-hybridized carbons (Fsp3) is 0.263. The molecule has 0 saturated heterocycles. The Morgan fingerprint density at radius 1 is 1.16 bits per heavy atom. The zero-order chi connectivity index (χ0) is 22.0. The van der Waals surface area contributed by atoms with Crippen molar-refractivity contribution >= 4 is 23.2 Å². The molecule has 4 rings (SSSR count). The molecule has 1 N–H and O–H groups in total. The summed E-state index contributed by atoms with van der Waals surface area (Å²) in [7, 11) is 0. The van der Waals surface area contributed by atoms with Crippen LogP contribution in [0.1, 0.15) is 12.0 Å². The van der Waals surface area contributed by atoms with Crippen molar-refractivity contribution in [2.75, 3.05) is 18.5 Å². The average Bonchev–Trinajstić information content (AvgIpc) is 3.06. The van der Waals surface area contributed by atoms with Crippen molar-refractivity contribution in [2.24, 2.45) is 0 Å². The van der Waals surface area contributed by atoms with Crippen LogP contribution in [0.25, 0.3) is 11.4 Å². The zero-order valence-corrected chi connectivity index (χ0v) is 16.6. The van der Waals surface area contributed by atoms with Gasteiger partial charge >= 0.3 is 6.18 Å². The Bertz CT molecular complexity index is 1120. The number of tetrazole rings is 1. The van der Waals surface area contributed by atoms with E-state index in [1.165, 1.54) is 12.1 Å². The lowest BCUT2D eigenvalue weighted by atomic mass is 10.1. The smallest absolute Gasteiger partial charge is 0.416 e. The Kier molecular flexibility index (Phi) is 5.68. The third-order valence-corrected chi connectivity index (χ3v) is 4.61. The van der Waals surface area contributed by atoms with Crippen molar-refractivity contribution in [3.63, 3.8) is 0 Å². The Morgan fingerprint density at radius 3 is 2.65 bits per heavy atom. The predicted octanol–water partition coefficient (Wildman–Crippen LogP) is 3.81. The molecule has 0 radical (unpaired) electrons. The van der Waals surface area contributed by atoms with E-state index >= 15 is 0 Å². The molecule has 1 aliphatic heterocycles. The first-order valence-corrected chi connectivity index (χ1v) is 9.52. The van der Waals surface area contributed by atoms with E-state index in [1.54, 1.807) is 12.1 Å². The molecule has 0 spiro atoms. The number of carbonyl (C=O) groups excluding carboxylic acids is 1. The SMILES string of the molecule is O=C(Cn1nnc(-c2cccc(C(F)(F)F)c2)n1)Nc1cc2c(cc1Cl)OCCCO2. The fourth-order valence-corrected chi connectivity index (χ4v) is 3.06. The lowest BCUT2D eigenvalue weighted by Crippen LogP contribution is -2.20. The van der Waals surface area contributed by atoms with Gasteiger partial charge in [0.25, 0.3) is 0 Å². The summed E-state index contributed by atoms with van der Waals surface area (Å²) < 4.78 is 49.8. The maximum absolute atomic E-state index is 12.9. The maximum Gasteiger partial charge on any atom is 0.416 e. The van der Waals surface area contributed by atoms with Gasteiger partial charge < -0.3 is 14.8 Å². The minimum atomic E-state index is -4.49. The number of fused-ring (bicyclic) bond motifs is 1. The van der Waals surface area contributed by atoms with Crippen molar-refractivity contribution in [3.05, 3.63) is 47.0 Å². The molecule has 162 valence electrons. The number of anilines is 1. The first-order chi connectivity index (χ1) is 14.8. The van der Waals surface area contributed by atoms with Crippen molar-refractivity contribution in [3.8, 4) is 22.9 Å². The summed E-state index contributed by atoms with van der Waals surface area (Å²) in [6.07, 6.45) is -3.77. The van der Waals surface area contributed by atoms with Gasteiger partial charge in [0.15, 0.2) is 11.5 Å². The van der Waals surface area contributed by atoms with Gasteiger partial charge in [-0.15, -0.1) is 10.2 Å². The molecule has 8 nitrogen and oxygen atoms in total. The molecular weight excluding hydrogens is 439 g/mol. The molecular formula is C19H15ClF3N5O3. The molecule has 3 aromatic rings. The Labute approximate surface area is 178 Å². The number of aromatic nitrogens is 4. The summed E-state index contributed by atoms with van der Waals surface area (Å²) in [5.41, 5.74) is -0.385. The van der Waals surface area contributed by atoms with E-state index in [2.05, 4.69) is 20.7 Å². The Morgan fingerprint density at radius 2 is 1.90 bits per heavy atom. The number of benzene rings is 2. The van der Waals surface area contributed by atoms with E-state index in [1.807, 2.05) is 0 Å². The number of nitrogens with one attached hydrogen (secondary N) is 1. The van der Waals surface area contributed by atoms with Gasteiger partial charge in [-0.05, 0) is 17.3 Å². The number of hydrogen-bond donors (Lipinski definition) is 1. The van der Waals surface area contributed by atoms with Crippen molar-refractivity contribution < 1.29 is 27.4 Å². The fourth-order valence-electron chi connectivity index (χ4n) is 2.86. The normalized spacial score (nSPS) is 13.5. The highest BCUT2D eigenvalue weighted by Crippen LogP contribution is 2.37. The molecule has 1 aliphatic rings. The van der Waals surface area contributed by atoms with E-state index in [0.717, 1.165) is 23.4 Å². The predicted molar refractivity (Wildman–Crippen MR) is 104 cm³/mol. The highest BCUT2D eigenvalue weighted by molar-refractivity contribution is 6.34. The van der Waals surface area contributed by atoms with Crippen molar-refractivity contribution in [1.82, 2.24) is 20.2 Å². The number of rotatable bonds is 4. The van der Waals surface area contributed by atoms with E-state index in [4.69, 9.17) is 21.1 Å². The third-order valence-electron chi connectivity index (χ3n) is 4.30. The van der Waals surface area contributed by atoms with Gasteiger partial charge in [0.05, 0.1) is 29.5 Å². The molecule has 0 unspecified atom stereocenters. The molecule has 0 saturated carbocycles. The second-order valence-corrected chi connectivity index (χ2v) is 7.01. The van der Waals surface area contributed by atoms with Crippen LogP contribution in [0, 0.1) is 0 Å². The van der Waals surface area contributed by atoms with Gasteiger partial charge in [0, 0.05) is 24.1 Å². The van der Waals surface area contributed by atoms with Crippen LogP contribution >= 0.6 is 11.6 Å². The first-order valence-electron chi connectivity index (χ1n) is 9.14. The molecule has 0 bridgehead atoms. The molecule has 0 fully saturated rings. The average molecular weight is 454 g/mol. The number of ether oxygens (including phenoxy) is 2. The number of amides is 1.